The molecule has 21 heavy (non-hydrogen) atoms. The van der Waals surface area contributed by atoms with Crippen molar-refractivity contribution < 1.29 is 0 Å². The Morgan fingerprint density at radius 2 is 2.24 bits per heavy atom. The summed E-state index contributed by atoms with van der Waals surface area (Å²) in [7, 11) is 0. The molecular formula is C15H15ClN4O. The van der Waals surface area contributed by atoms with Crippen LogP contribution < -0.4 is 5.56 Å². The van der Waals surface area contributed by atoms with Crippen LogP contribution >= 0.6 is 11.6 Å². The van der Waals surface area contributed by atoms with Gasteiger partial charge in [-0.25, -0.2) is 4.98 Å². The highest BCUT2D eigenvalue weighted by Gasteiger charge is 2.13. The number of halogens is 1. The van der Waals surface area contributed by atoms with Crippen LogP contribution in [0, 0.1) is 6.92 Å². The molecule has 0 saturated heterocycles. The van der Waals surface area contributed by atoms with Crippen LogP contribution in [0.25, 0.3) is 10.9 Å². The molecule has 0 aliphatic rings. The maximum absolute atomic E-state index is 12.6. The SMILES string of the molecule is Cc1cc(C[C@H](C)n2cnc3cccc(Cl)c3c2=O)n[nH]1. The van der Waals surface area contributed by atoms with Gasteiger partial charge in [-0.3, -0.25) is 14.5 Å². The van der Waals surface area contributed by atoms with Crippen molar-refractivity contribution >= 4 is 22.5 Å². The second kappa shape index (κ2) is 5.33. The minimum atomic E-state index is -0.120. The lowest BCUT2D eigenvalue weighted by molar-refractivity contribution is 0.517. The Bertz CT molecular complexity index is 852. The van der Waals surface area contributed by atoms with Gasteiger partial charge in [-0.2, -0.15) is 5.10 Å². The highest BCUT2D eigenvalue weighted by Crippen LogP contribution is 2.19. The van der Waals surface area contributed by atoms with E-state index in [0.717, 1.165) is 11.4 Å². The normalized spacial score (nSPS) is 12.7. The third-order valence-electron chi connectivity index (χ3n) is 3.50. The average Bonchev–Trinajstić information content (AvgIpc) is 2.84. The largest absolute Gasteiger partial charge is 0.295 e. The Hall–Kier alpha value is -2.14. The van der Waals surface area contributed by atoms with Crippen molar-refractivity contribution in [2.24, 2.45) is 0 Å². The van der Waals surface area contributed by atoms with Crippen LogP contribution in [0.1, 0.15) is 24.4 Å². The molecule has 3 aromatic rings. The van der Waals surface area contributed by atoms with Gasteiger partial charge in [-0.1, -0.05) is 17.7 Å². The highest BCUT2D eigenvalue weighted by atomic mass is 35.5. The summed E-state index contributed by atoms with van der Waals surface area (Å²) in [6.07, 6.45) is 2.23. The van der Waals surface area contributed by atoms with Crippen LogP contribution in [0.4, 0.5) is 0 Å². The Morgan fingerprint density at radius 3 is 2.95 bits per heavy atom. The topological polar surface area (TPSA) is 63.6 Å². The number of H-pyrrole nitrogens is 1. The summed E-state index contributed by atoms with van der Waals surface area (Å²) in [6, 6.07) is 7.21. The number of aromatic amines is 1. The number of hydrogen-bond acceptors (Lipinski definition) is 3. The van der Waals surface area contributed by atoms with E-state index in [-0.39, 0.29) is 11.6 Å². The summed E-state index contributed by atoms with van der Waals surface area (Å²) in [5, 5.41) is 8.01. The van der Waals surface area contributed by atoms with Gasteiger partial charge in [0, 0.05) is 18.2 Å². The molecule has 1 atom stereocenters. The van der Waals surface area contributed by atoms with Crippen LogP contribution in [0.15, 0.2) is 35.4 Å². The van der Waals surface area contributed by atoms with Gasteiger partial charge in [0.25, 0.3) is 5.56 Å². The Balaban J connectivity index is 2.02. The molecule has 108 valence electrons. The van der Waals surface area contributed by atoms with Gasteiger partial charge in [0.1, 0.15) is 0 Å². The van der Waals surface area contributed by atoms with Crippen molar-refractivity contribution in [3.8, 4) is 0 Å². The van der Waals surface area contributed by atoms with E-state index in [1.165, 1.54) is 0 Å². The van der Waals surface area contributed by atoms with E-state index in [9.17, 15) is 4.79 Å². The predicted molar refractivity (Wildman–Crippen MR) is 82.8 cm³/mol. The van der Waals surface area contributed by atoms with Gasteiger partial charge in [0.2, 0.25) is 0 Å². The second-order valence-corrected chi connectivity index (χ2v) is 5.59. The molecule has 0 bridgehead atoms. The quantitative estimate of drug-likeness (QED) is 0.809. The fourth-order valence-corrected chi connectivity index (χ4v) is 2.68. The molecule has 0 amide bonds. The summed E-state index contributed by atoms with van der Waals surface area (Å²) < 4.78 is 1.61. The van der Waals surface area contributed by atoms with Gasteiger partial charge in [-0.05, 0) is 32.0 Å². The number of aromatic nitrogens is 4. The standard InChI is InChI=1S/C15H15ClN4O/c1-9-6-11(19-18-9)7-10(2)20-8-17-13-5-3-4-12(16)14(13)15(20)21/h3-6,8,10H,7H2,1-2H3,(H,18,19)/t10-/m0/s1. The lowest BCUT2D eigenvalue weighted by atomic mass is 10.1. The van der Waals surface area contributed by atoms with E-state index in [1.807, 2.05) is 19.9 Å². The van der Waals surface area contributed by atoms with Crippen molar-refractivity contribution in [1.29, 1.82) is 0 Å². The fraction of sp³-hybridized carbons (Fsp3) is 0.267. The van der Waals surface area contributed by atoms with Crippen LogP contribution in [0.2, 0.25) is 5.02 Å². The zero-order chi connectivity index (χ0) is 15.0. The zero-order valence-corrected chi connectivity index (χ0v) is 12.6. The smallest absolute Gasteiger partial charge is 0.262 e. The first kappa shape index (κ1) is 13.8. The molecule has 3 rings (SSSR count). The van der Waals surface area contributed by atoms with Gasteiger partial charge in [-0.15, -0.1) is 0 Å². The summed E-state index contributed by atoms with van der Waals surface area (Å²) in [5.41, 5.74) is 2.42. The minimum Gasteiger partial charge on any atom is -0.295 e. The third-order valence-corrected chi connectivity index (χ3v) is 3.81. The monoisotopic (exact) mass is 302 g/mol. The maximum atomic E-state index is 12.6. The number of hydrogen-bond donors (Lipinski definition) is 1. The molecule has 0 fully saturated rings. The lowest BCUT2D eigenvalue weighted by Gasteiger charge is -2.14. The molecule has 2 heterocycles. The molecule has 0 unspecified atom stereocenters. The molecule has 0 spiro atoms. The predicted octanol–water partition coefficient (Wildman–Crippen LogP) is 2.89. The van der Waals surface area contributed by atoms with Crippen molar-refractivity contribution in [3.63, 3.8) is 0 Å². The number of benzene rings is 1. The molecule has 0 aliphatic heterocycles. The van der Waals surface area contributed by atoms with Crippen LogP contribution in [-0.4, -0.2) is 19.7 Å². The number of nitrogens with zero attached hydrogens (tertiary/aromatic N) is 3. The first-order valence-corrected chi connectivity index (χ1v) is 7.10. The van der Waals surface area contributed by atoms with Gasteiger partial charge in [0.15, 0.2) is 0 Å². The summed E-state index contributed by atoms with van der Waals surface area (Å²) >= 11 is 6.13. The number of nitrogens with one attached hydrogen (secondary N) is 1. The van der Waals surface area contributed by atoms with Crippen molar-refractivity contribution in [2.75, 3.05) is 0 Å². The van der Waals surface area contributed by atoms with Gasteiger partial charge in [0.05, 0.1) is 27.9 Å². The maximum Gasteiger partial charge on any atom is 0.262 e. The number of aryl methyl sites for hydroxylation is 1. The highest BCUT2D eigenvalue weighted by molar-refractivity contribution is 6.35. The first-order valence-electron chi connectivity index (χ1n) is 6.72. The van der Waals surface area contributed by atoms with Crippen molar-refractivity contribution in [3.05, 3.63) is 57.4 Å². The van der Waals surface area contributed by atoms with E-state index in [0.29, 0.717) is 22.3 Å². The Morgan fingerprint density at radius 1 is 1.43 bits per heavy atom. The van der Waals surface area contributed by atoms with E-state index >= 15 is 0 Å². The molecule has 1 aromatic carbocycles. The fourth-order valence-electron chi connectivity index (χ4n) is 2.43. The Labute approximate surface area is 126 Å². The minimum absolute atomic E-state index is 0.0478. The summed E-state index contributed by atoms with van der Waals surface area (Å²) in [5.74, 6) is 0. The van der Waals surface area contributed by atoms with Crippen LogP contribution in [-0.2, 0) is 6.42 Å². The van der Waals surface area contributed by atoms with E-state index in [2.05, 4.69) is 15.2 Å². The summed E-state index contributed by atoms with van der Waals surface area (Å²) in [4.78, 5) is 16.9. The molecule has 1 N–H and O–H groups in total. The van der Waals surface area contributed by atoms with E-state index in [4.69, 9.17) is 11.6 Å². The second-order valence-electron chi connectivity index (χ2n) is 5.19. The zero-order valence-electron chi connectivity index (χ0n) is 11.8. The molecule has 0 aliphatic carbocycles. The van der Waals surface area contributed by atoms with E-state index in [1.54, 1.807) is 29.1 Å². The van der Waals surface area contributed by atoms with Crippen LogP contribution in [0.5, 0.6) is 0 Å². The molecule has 0 saturated carbocycles. The molecule has 0 radical (unpaired) electrons. The first-order chi connectivity index (χ1) is 10.1. The molecule has 2 aromatic heterocycles. The third kappa shape index (κ3) is 2.56. The van der Waals surface area contributed by atoms with Crippen LogP contribution in [0.3, 0.4) is 0 Å². The van der Waals surface area contributed by atoms with Gasteiger partial charge >= 0.3 is 0 Å². The Kier molecular flexibility index (Phi) is 3.51. The number of rotatable bonds is 3. The van der Waals surface area contributed by atoms with Crippen molar-refractivity contribution in [2.45, 2.75) is 26.3 Å². The van der Waals surface area contributed by atoms with Crippen molar-refractivity contribution in [1.82, 2.24) is 19.7 Å². The molecular weight excluding hydrogens is 288 g/mol. The molecule has 5 nitrogen and oxygen atoms in total. The number of fused-ring (bicyclic) bond motifs is 1. The molecule has 6 heteroatoms. The summed E-state index contributed by atoms with van der Waals surface area (Å²) in [6.45, 7) is 3.92. The lowest BCUT2D eigenvalue weighted by Crippen LogP contribution is -2.25. The van der Waals surface area contributed by atoms with E-state index < -0.39 is 0 Å². The van der Waals surface area contributed by atoms with Gasteiger partial charge < -0.3 is 0 Å². The average molecular weight is 303 g/mol.